The lowest BCUT2D eigenvalue weighted by atomic mass is 9.44. The SMILES string of the molecule is CC(C)CCC[C@@H](C)C1CCC2C3CCC4CC(OCCCO)CCC4(C)C3CCC21C. The quantitative estimate of drug-likeness (QED) is 0.365. The summed E-state index contributed by atoms with van der Waals surface area (Å²) in [5.74, 6) is 6.57. The van der Waals surface area contributed by atoms with E-state index in [1.165, 1.54) is 77.0 Å². The fourth-order valence-corrected chi connectivity index (χ4v) is 9.71. The van der Waals surface area contributed by atoms with Crippen molar-refractivity contribution in [3.63, 3.8) is 0 Å². The maximum absolute atomic E-state index is 9.09. The summed E-state index contributed by atoms with van der Waals surface area (Å²) in [4.78, 5) is 0. The standard InChI is InChI=1S/C30H54O2/c1-21(2)8-6-9-22(3)26-12-13-27-25-11-10-23-20-24(32-19-7-18-31)14-16-29(23,4)28(25)15-17-30(26,27)5/h21-28,31H,6-20H2,1-5H3/t22-,23?,24?,25?,26?,27?,28?,29?,30?/m1/s1. The van der Waals surface area contributed by atoms with Gasteiger partial charge in [-0.3, -0.25) is 0 Å². The molecule has 0 aliphatic heterocycles. The second-order valence-corrected chi connectivity index (χ2v) is 13.5. The number of ether oxygens (including phenoxy) is 1. The topological polar surface area (TPSA) is 29.5 Å². The lowest BCUT2D eigenvalue weighted by Gasteiger charge is -2.61. The highest BCUT2D eigenvalue weighted by Crippen LogP contribution is 2.68. The second kappa shape index (κ2) is 10.3. The summed E-state index contributed by atoms with van der Waals surface area (Å²) in [6.45, 7) is 13.8. The molecule has 0 aromatic rings. The molecule has 0 saturated heterocycles. The average molecular weight is 447 g/mol. The van der Waals surface area contributed by atoms with Crippen molar-refractivity contribution >= 4 is 0 Å². The average Bonchev–Trinajstić information content (AvgIpc) is 3.11. The van der Waals surface area contributed by atoms with Gasteiger partial charge in [0.2, 0.25) is 0 Å². The molecule has 186 valence electrons. The van der Waals surface area contributed by atoms with E-state index in [1.54, 1.807) is 0 Å². The van der Waals surface area contributed by atoms with Gasteiger partial charge in [0, 0.05) is 13.2 Å². The molecule has 0 bridgehead atoms. The molecule has 0 heterocycles. The van der Waals surface area contributed by atoms with Gasteiger partial charge >= 0.3 is 0 Å². The molecule has 9 atom stereocenters. The van der Waals surface area contributed by atoms with E-state index in [0.29, 0.717) is 16.9 Å². The Labute approximate surface area is 199 Å². The Morgan fingerprint density at radius 3 is 2.34 bits per heavy atom. The number of aliphatic hydroxyl groups is 1. The summed E-state index contributed by atoms with van der Waals surface area (Å²) in [5, 5.41) is 9.09. The highest BCUT2D eigenvalue weighted by molar-refractivity contribution is 5.09. The third-order valence-corrected chi connectivity index (χ3v) is 11.5. The maximum atomic E-state index is 9.09. The van der Waals surface area contributed by atoms with Crippen LogP contribution in [0.15, 0.2) is 0 Å². The first kappa shape index (κ1) is 25.0. The monoisotopic (exact) mass is 446 g/mol. The summed E-state index contributed by atoms with van der Waals surface area (Å²) in [5.41, 5.74) is 1.17. The molecule has 0 radical (unpaired) electrons. The van der Waals surface area contributed by atoms with Crippen molar-refractivity contribution in [2.24, 2.45) is 52.3 Å². The number of hydrogen-bond acceptors (Lipinski definition) is 2. The first-order valence-electron chi connectivity index (χ1n) is 14.5. The zero-order valence-electron chi connectivity index (χ0n) is 22.1. The number of hydrogen-bond donors (Lipinski definition) is 1. The van der Waals surface area contributed by atoms with Gasteiger partial charge in [0.1, 0.15) is 0 Å². The third-order valence-electron chi connectivity index (χ3n) is 11.5. The Bertz CT molecular complexity index is 602. The fourth-order valence-electron chi connectivity index (χ4n) is 9.71. The van der Waals surface area contributed by atoms with E-state index in [-0.39, 0.29) is 6.61 Å². The fraction of sp³-hybridized carbons (Fsp3) is 1.00. The molecule has 0 amide bonds. The van der Waals surface area contributed by atoms with Gasteiger partial charge in [-0.15, -0.1) is 0 Å². The van der Waals surface area contributed by atoms with Crippen molar-refractivity contribution in [2.45, 2.75) is 124 Å². The predicted octanol–water partition coefficient (Wildman–Crippen LogP) is 7.88. The van der Waals surface area contributed by atoms with Crippen LogP contribution in [0.4, 0.5) is 0 Å². The number of rotatable bonds is 9. The minimum atomic E-state index is 0.259. The molecule has 4 aliphatic carbocycles. The molecule has 2 nitrogen and oxygen atoms in total. The van der Waals surface area contributed by atoms with Gasteiger partial charge in [0.25, 0.3) is 0 Å². The van der Waals surface area contributed by atoms with Gasteiger partial charge in [-0.05, 0) is 116 Å². The Morgan fingerprint density at radius 2 is 1.59 bits per heavy atom. The van der Waals surface area contributed by atoms with E-state index in [4.69, 9.17) is 9.84 Å². The minimum absolute atomic E-state index is 0.259. The van der Waals surface area contributed by atoms with Crippen LogP contribution < -0.4 is 0 Å². The minimum Gasteiger partial charge on any atom is -0.396 e. The molecule has 4 aliphatic rings. The molecule has 8 unspecified atom stereocenters. The molecule has 4 saturated carbocycles. The van der Waals surface area contributed by atoms with Crippen LogP contribution in [0.1, 0.15) is 118 Å². The second-order valence-electron chi connectivity index (χ2n) is 13.5. The Balaban J connectivity index is 1.39. The van der Waals surface area contributed by atoms with Gasteiger partial charge < -0.3 is 9.84 Å². The largest absolute Gasteiger partial charge is 0.396 e. The van der Waals surface area contributed by atoms with Gasteiger partial charge in [0.15, 0.2) is 0 Å². The summed E-state index contributed by atoms with van der Waals surface area (Å²) >= 11 is 0. The molecule has 4 rings (SSSR count). The maximum Gasteiger partial charge on any atom is 0.0578 e. The van der Waals surface area contributed by atoms with Crippen molar-refractivity contribution in [2.75, 3.05) is 13.2 Å². The first-order chi connectivity index (χ1) is 15.3. The van der Waals surface area contributed by atoms with Gasteiger partial charge in [-0.25, -0.2) is 0 Å². The van der Waals surface area contributed by atoms with Crippen LogP contribution in [0, 0.1) is 52.3 Å². The molecule has 4 fully saturated rings. The van der Waals surface area contributed by atoms with Gasteiger partial charge in [-0.2, -0.15) is 0 Å². The molecule has 0 aromatic carbocycles. The van der Waals surface area contributed by atoms with E-state index >= 15 is 0 Å². The van der Waals surface area contributed by atoms with Crippen molar-refractivity contribution in [1.82, 2.24) is 0 Å². The Hall–Kier alpha value is -0.0800. The molecule has 32 heavy (non-hydrogen) atoms. The van der Waals surface area contributed by atoms with E-state index in [9.17, 15) is 0 Å². The smallest absolute Gasteiger partial charge is 0.0578 e. The summed E-state index contributed by atoms with van der Waals surface area (Å²) in [6, 6.07) is 0. The molecular weight excluding hydrogens is 392 g/mol. The normalized spacial score (nSPS) is 44.7. The van der Waals surface area contributed by atoms with Crippen molar-refractivity contribution in [1.29, 1.82) is 0 Å². The van der Waals surface area contributed by atoms with E-state index in [0.717, 1.165) is 54.5 Å². The lowest BCUT2D eigenvalue weighted by molar-refractivity contribution is -0.137. The van der Waals surface area contributed by atoms with E-state index in [2.05, 4.69) is 34.6 Å². The summed E-state index contributed by atoms with van der Waals surface area (Å²) in [6.07, 6.45) is 18.4. The Kier molecular flexibility index (Phi) is 8.03. The number of fused-ring (bicyclic) bond motifs is 5. The van der Waals surface area contributed by atoms with Gasteiger partial charge in [0.05, 0.1) is 6.10 Å². The number of aliphatic hydroxyl groups excluding tert-OH is 1. The highest BCUT2D eigenvalue weighted by atomic mass is 16.5. The zero-order chi connectivity index (χ0) is 22.9. The molecule has 0 spiro atoms. The van der Waals surface area contributed by atoms with Gasteiger partial charge in [-0.1, -0.05) is 53.9 Å². The van der Waals surface area contributed by atoms with Crippen molar-refractivity contribution in [3.05, 3.63) is 0 Å². The molecule has 0 aromatic heterocycles. The van der Waals surface area contributed by atoms with Crippen LogP contribution in [0.2, 0.25) is 0 Å². The van der Waals surface area contributed by atoms with Crippen LogP contribution in [0.3, 0.4) is 0 Å². The van der Waals surface area contributed by atoms with E-state index < -0.39 is 0 Å². The summed E-state index contributed by atoms with van der Waals surface area (Å²) in [7, 11) is 0. The zero-order valence-corrected chi connectivity index (χ0v) is 22.1. The summed E-state index contributed by atoms with van der Waals surface area (Å²) < 4.78 is 6.17. The third kappa shape index (κ3) is 4.71. The first-order valence-corrected chi connectivity index (χ1v) is 14.5. The molecule has 2 heteroatoms. The highest BCUT2D eigenvalue weighted by Gasteiger charge is 2.60. The molecule has 1 N–H and O–H groups in total. The van der Waals surface area contributed by atoms with Crippen molar-refractivity contribution < 1.29 is 9.84 Å². The molecular formula is C30H54O2. The van der Waals surface area contributed by atoms with Crippen LogP contribution >= 0.6 is 0 Å². The predicted molar refractivity (Wildman–Crippen MR) is 135 cm³/mol. The van der Waals surface area contributed by atoms with E-state index in [1.807, 2.05) is 0 Å². The Morgan fingerprint density at radius 1 is 0.844 bits per heavy atom. The van der Waals surface area contributed by atoms with Crippen LogP contribution in [0.5, 0.6) is 0 Å². The van der Waals surface area contributed by atoms with Crippen LogP contribution in [-0.2, 0) is 4.74 Å². The lowest BCUT2D eigenvalue weighted by Crippen LogP contribution is -2.54. The van der Waals surface area contributed by atoms with Crippen LogP contribution in [-0.4, -0.2) is 24.4 Å². The van der Waals surface area contributed by atoms with Crippen LogP contribution in [0.25, 0.3) is 0 Å². The van der Waals surface area contributed by atoms with Crippen molar-refractivity contribution in [3.8, 4) is 0 Å².